The van der Waals surface area contributed by atoms with Crippen molar-refractivity contribution in [2.45, 2.75) is 32.9 Å². The number of ether oxygens (including phenoxy) is 3. The predicted molar refractivity (Wildman–Crippen MR) is 113 cm³/mol. The lowest BCUT2D eigenvalue weighted by molar-refractivity contribution is -1.02. The Labute approximate surface area is 179 Å². The normalized spacial score (nSPS) is 20.7. The molecule has 0 radical (unpaired) electrons. The van der Waals surface area contributed by atoms with Gasteiger partial charge in [0.2, 0.25) is 0 Å². The van der Waals surface area contributed by atoms with Gasteiger partial charge in [0.15, 0.2) is 18.0 Å². The molecule has 0 spiro atoms. The lowest BCUT2D eigenvalue weighted by atomic mass is 9.99. The lowest BCUT2D eigenvalue weighted by Gasteiger charge is -2.30. The summed E-state index contributed by atoms with van der Waals surface area (Å²) in [5.74, 6) is 1.05. The van der Waals surface area contributed by atoms with Crippen LogP contribution in [0.2, 0.25) is 0 Å². The molecule has 8 heteroatoms. The van der Waals surface area contributed by atoms with Crippen LogP contribution < -0.4 is 24.6 Å². The predicted octanol–water partition coefficient (Wildman–Crippen LogP) is -1.31. The molecule has 0 bridgehead atoms. The molecule has 2 rings (SSSR count). The standard InChI is InChI=1S/C22H35N3O5/c1-6-16(2)21(22(27)30-5)23-20(26)15-25-11-9-24(10-12-25)14-17-7-8-18(28-3)19(13-17)29-4/h7-8,13,16,21H,6,9-12,14-15H2,1-5H3,(H,23,26)/p+2/t16-,21+/m1/s1. The summed E-state index contributed by atoms with van der Waals surface area (Å²) in [6, 6.07) is 5.46. The average Bonchev–Trinajstić information content (AvgIpc) is 2.77. The number of quaternary nitrogens is 2. The SMILES string of the molecule is CC[C@@H](C)[C@H](NC(=O)C[NH+]1CC[NH+](Cc2ccc(OC)c(OC)c2)CC1)C(=O)OC. The Bertz CT molecular complexity index is 704. The van der Waals surface area contributed by atoms with E-state index in [9.17, 15) is 9.59 Å². The lowest BCUT2D eigenvalue weighted by Crippen LogP contribution is -3.28. The van der Waals surface area contributed by atoms with E-state index in [0.29, 0.717) is 6.54 Å². The van der Waals surface area contributed by atoms with Crippen LogP contribution in [0, 0.1) is 5.92 Å². The van der Waals surface area contributed by atoms with Crippen molar-refractivity contribution in [2.75, 3.05) is 54.1 Å². The van der Waals surface area contributed by atoms with Crippen LogP contribution in [0.25, 0.3) is 0 Å². The summed E-state index contributed by atoms with van der Waals surface area (Å²) >= 11 is 0. The summed E-state index contributed by atoms with van der Waals surface area (Å²) in [5, 5.41) is 2.87. The van der Waals surface area contributed by atoms with Gasteiger partial charge in [-0.15, -0.1) is 0 Å². The highest BCUT2D eigenvalue weighted by Crippen LogP contribution is 2.27. The van der Waals surface area contributed by atoms with Crippen molar-refractivity contribution < 1.29 is 33.6 Å². The molecule has 0 unspecified atom stereocenters. The number of piperazine rings is 1. The molecule has 0 saturated carbocycles. The van der Waals surface area contributed by atoms with Crippen molar-refractivity contribution in [3.05, 3.63) is 23.8 Å². The first-order valence-electron chi connectivity index (χ1n) is 10.7. The minimum absolute atomic E-state index is 0.0409. The number of hydrogen-bond donors (Lipinski definition) is 3. The van der Waals surface area contributed by atoms with E-state index in [1.165, 1.54) is 22.5 Å². The molecule has 0 aromatic heterocycles. The van der Waals surface area contributed by atoms with Crippen LogP contribution in [-0.4, -0.2) is 72.0 Å². The van der Waals surface area contributed by atoms with E-state index in [2.05, 4.69) is 11.4 Å². The first-order chi connectivity index (χ1) is 14.4. The van der Waals surface area contributed by atoms with Crippen molar-refractivity contribution in [2.24, 2.45) is 5.92 Å². The Morgan fingerprint density at radius 3 is 2.23 bits per heavy atom. The molecule has 30 heavy (non-hydrogen) atoms. The molecule has 1 amide bonds. The summed E-state index contributed by atoms with van der Waals surface area (Å²) in [6.45, 7) is 9.06. The molecule has 3 N–H and O–H groups in total. The number of esters is 1. The third-order valence-electron chi connectivity index (χ3n) is 5.96. The number of methoxy groups -OCH3 is 3. The van der Waals surface area contributed by atoms with E-state index in [0.717, 1.165) is 50.6 Å². The van der Waals surface area contributed by atoms with Gasteiger partial charge < -0.3 is 29.3 Å². The molecule has 1 aromatic rings. The molecule has 1 aliphatic rings. The zero-order chi connectivity index (χ0) is 22.1. The van der Waals surface area contributed by atoms with Gasteiger partial charge in [-0.25, -0.2) is 4.79 Å². The molecule has 1 heterocycles. The fraction of sp³-hybridized carbons (Fsp3) is 0.636. The van der Waals surface area contributed by atoms with Crippen molar-refractivity contribution >= 4 is 11.9 Å². The van der Waals surface area contributed by atoms with Gasteiger partial charge in [0.1, 0.15) is 38.8 Å². The Kier molecular flexibility index (Phi) is 9.39. The third-order valence-corrected chi connectivity index (χ3v) is 5.96. The molecule has 1 aromatic carbocycles. The number of amides is 1. The van der Waals surface area contributed by atoms with Crippen LogP contribution in [0.15, 0.2) is 18.2 Å². The Morgan fingerprint density at radius 2 is 1.67 bits per heavy atom. The Morgan fingerprint density at radius 1 is 1.03 bits per heavy atom. The smallest absolute Gasteiger partial charge is 0.328 e. The second kappa shape index (κ2) is 11.8. The number of benzene rings is 1. The minimum atomic E-state index is -0.580. The van der Waals surface area contributed by atoms with Crippen LogP contribution in [0.4, 0.5) is 0 Å². The summed E-state index contributed by atoms with van der Waals surface area (Å²) in [7, 11) is 4.64. The fourth-order valence-electron chi connectivity index (χ4n) is 3.84. The maximum atomic E-state index is 12.5. The first kappa shape index (κ1) is 24.0. The van der Waals surface area contributed by atoms with E-state index in [-0.39, 0.29) is 17.8 Å². The summed E-state index contributed by atoms with van der Waals surface area (Å²) in [5.41, 5.74) is 1.21. The average molecular weight is 424 g/mol. The second-order valence-electron chi connectivity index (χ2n) is 8.00. The largest absolute Gasteiger partial charge is 0.493 e. The molecular weight excluding hydrogens is 386 g/mol. The number of carbonyl (C=O) groups excluding carboxylic acids is 2. The number of rotatable bonds is 10. The Balaban J connectivity index is 1.82. The van der Waals surface area contributed by atoms with E-state index >= 15 is 0 Å². The maximum absolute atomic E-state index is 12.5. The summed E-state index contributed by atoms with van der Waals surface area (Å²) in [4.78, 5) is 27.2. The summed E-state index contributed by atoms with van der Waals surface area (Å²) < 4.78 is 15.5. The molecule has 8 nitrogen and oxygen atoms in total. The van der Waals surface area contributed by atoms with Crippen LogP contribution in [-0.2, 0) is 20.9 Å². The van der Waals surface area contributed by atoms with E-state index in [1.54, 1.807) is 14.2 Å². The number of nitrogens with one attached hydrogen (secondary N) is 3. The molecule has 1 aliphatic heterocycles. The topological polar surface area (TPSA) is 82.7 Å². The number of hydrogen-bond acceptors (Lipinski definition) is 5. The van der Waals surface area contributed by atoms with Gasteiger partial charge in [-0.1, -0.05) is 20.3 Å². The monoisotopic (exact) mass is 423 g/mol. The van der Waals surface area contributed by atoms with Gasteiger partial charge in [-0.2, -0.15) is 0 Å². The highest BCUT2D eigenvalue weighted by molar-refractivity contribution is 5.85. The van der Waals surface area contributed by atoms with E-state index < -0.39 is 6.04 Å². The maximum Gasteiger partial charge on any atom is 0.328 e. The first-order valence-corrected chi connectivity index (χ1v) is 10.7. The molecule has 168 valence electrons. The highest BCUT2D eigenvalue weighted by atomic mass is 16.5. The van der Waals surface area contributed by atoms with Crippen LogP contribution in [0.3, 0.4) is 0 Å². The minimum Gasteiger partial charge on any atom is -0.493 e. The van der Waals surface area contributed by atoms with E-state index in [1.807, 2.05) is 26.0 Å². The zero-order valence-electron chi connectivity index (χ0n) is 18.9. The van der Waals surface area contributed by atoms with Crippen LogP contribution in [0.1, 0.15) is 25.8 Å². The second-order valence-corrected chi connectivity index (χ2v) is 8.00. The number of carbonyl (C=O) groups is 2. The van der Waals surface area contributed by atoms with Crippen LogP contribution in [0.5, 0.6) is 11.5 Å². The van der Waals surface area contributed by atoms with Crippen LogP contribution >= 0.6 is 0 Å². The third kappa shape index (κ3) is 6.60. The van der Waals surface area contributed by atoms with Crippen molar-refractivity contribution in [1.82, 2.24) is 5.32 Å². The quantitative estimate of drug-likeness (QED) is 0.407. The molecule has 2 atom stereocenters. The zero-order valence-corrected chi connectivity index (χ0v) is 18.9. The van der Waals surface area contributed by atoms with Gasteiger partial charge >= 0.3 is 5.97 Å². The fourth-order valence-corrected chi connectivity index (χ4v) is 3.84. The Hall–Kier alpha value is -2.32. The molecule has 1 fully saturated rings. The van der Waals surface area contributed by atoms with Crippen molar-refractivity contribution in [3.63, 3.8) is 0 Å². The van der Waals surface area contributed by atoms with Crippen molar-refractivity contribution in [3.8, 4) is 11.5 Å². The van der Waals surface area contributed by atoms with Gasteiger partial charge in [-0.05, 0) is 24.1 Å². The van der Waals surface area contributed by atoms with E-state index in [4.69, 9.17) is 14.2 Å². The summed E-state index contributed by atoms with van der Waals surface area (Å²) in [6.07, 6.45) is 0.797. The van der Waals surface area contributed by atoms with Gasteiger partial charge in [0.25, 0.3) is 5.91 Å². The van der Waals surface area contributed by atoms with Gasteiger partial charge in [-0.3, -0.25) is 4.79 Å². The van der Waals surface area contributed by atoms with Crippen molar-refractivity contribution in [1.29, 1.82) is 0 Å². The van der Waals surface area contributed by atoms with Gasteiger partial charge in [0.05, 0.1) is 21.3 Å². The molecular formula is C22H37N3O5+2. The van der Waals surface area contributed by atoms with Gasteiger partial charge in [0, 0.05) is 5.56 Å². The highest BCUT2D eigenvalue weighted by Gasteiger charge is 2.30. The molecule has 1 saturated heterocycles. The molecule has 0 aliphatic carbocycles.